The third kappa shape index (κ3) is 5.33. The first-order chi connectivity index (χ1) is 15.9. The van der Waals surface area contributed by atoms with Gasteiger partial charge < -0.3 is 5.32 Å². The Morgan fingerprint density at radius 1 is 0.848 bits per heavy atom. The minimum atomic E-state index is -4.41. The molecule has 2 aromatic carbocycles. The quantitative estimate of drug-likeness (QED) is 0.291. The van der Waals surface area contributed by atoms with E-state index in [1.807, 2.05) is 18.2 Å². The van der Waals surface area contributed by atoms with Crippen LogP contribution in [0.1, 0.15) is 16.7 Å². The van der Waals surface area contributed by atoms with Gasteiger partial charge in [-0.05, 0) is 41.5 Å². The highest BCUT2D eigenvalue weighted by molar-refractivity contribution is 6.06. The lowest BCUT2D eigenvalue weighted by molar-refractivity contribution is -0.137. The molecule has 0 saturated carbocycles. The van der Waals surface area contributed by atoms with Crippen LogP contribution in [0.5, 0.6) is 0 Å². The molecule has 0 unspecified atom stereocenters. The highest BCUT2D eigenvalue weighted by Crippen LogP contribution is 2.31. The van der Waals surface area contributed by atoms with Crippen LogP contribution in [0.25, 0.3) is 16.3 Å². The number of fused-ring (bicyclic) bond motifs is 1. The Kier molecular flexibility index (Phi) is 6.31. The molecular formula is C26H18F3N3O. The number of benzene rings is 2. The normalized spacial score (nSPS) is 12.3. The SMILES string of the molecule is O=C(/C=C/C=C(\c1ccc(C(F)(F)F)cc1)c1cccnc1)Nc1cccc2cnccc12. The number of carbonyl (C=O) groups excluding carboxylic acids is 1. The number of aromatic nitrogens is 2. The number of nitrogens with zero attached hydrogens (tertiary/aromatic N) is 2. The number of rotatable bonds is 5. The minimum Gasteiger partial charge on any atom is -0.322 e. The van der Waals surface area contributed by atoms with E-state index in [4.69, 9.17) is 0 Å². The number of nitrogens with one attached hydrogen (secondary N) is 1. The molecule has 0 aliphatic rings. The van der Waals surface area contributed by atoms with Crippen LogP contribution in [0, 0.1) is 0 Å². The molecule has 1 N–H and O–H groups in total. The van der Waals surface area contributed by atoms with Gasteiger partial charge in [0.2, 0.25) is 5.91 Å². The molecule has 0 bridgehead atoms. The second-order valence-corrected chi connectivity index (χ2v) is 7.15. The lowest BCUT2D eigenvalue weighted by Gasteiger charge is -2.10. The van der Waals surface area contributed by atoms with Crippen LogP contribution in [0.15, 0.2) is 104 Å². The molecule has 164 valence electrons. The van der Waals surface area contributed by atoms with E-state index >= 15 is 0 Å². The molecule has 0 atom stereocenters. The molecule has 33 heavy (non-hydrogen) atoms. The smallest absolute Gasteiger partial charge is 0.322 e. The van der Waals surface area contributed by atoms with Gasteiger partial charge in [-0.3, -0.25) is 14.8 Å². The van der Waals surface area contributed by atoms with E-state index in [2.05, 4.69) is 15.3 Å². The van der Waals surface area contributed by atoms with Crippen molar-refractivity contribution >= 4 is 27.9 Å². The molecule has 2 aromatic heterocycles. The molecule has 0 spiro atoms. The average molecular weight is 445 g/mol. The standard InChI is InChI=1S/C26H18F3N3O/c27-26(28,29)21-11-9-18(10-12-21)22(19-5-3-14-30-16-19)6-2-8-25(33)32-24-7-1-4-20-17-31-15-13-23(20)24/h1-17H,(H,32,33)/b8-2+,22-6+. The summed E-state index contributed by atoms with van der Waals surface area (Å²) < 4.78 is 38.8. The van der Waals surface area contributed by atoms with Crippen molar-refractivity contribution in [3.05, 3.63) is 120 Å². The summed E-state index contributed by atoms with van der Waals surface area (Å²) in [6.45, 7) is 0. The van der Waals surface area contributed by atoms with Crippen molar-refractivity contribution in [3.63, 3.8) is 0 Å². The van der Waals surface area contributed by atoms with E-state index in [1.165, 1.54) is 18.2 Å². The van der Waals surface area contributed by atoms with E-state index in [0.717, 1.165) is 22.9 Å². The van der Waals surface area contributed by atoms with Gasteiger partial charge in [-0.15, -0.1) is 0 Å². The lowest BCUT2D eigenvalue weighted by atomic mass is 9.97. The number of carbonyl (C=O) groups is 1. The van der Waals surface area contributed by atoms with Gasteiger partial charge in [-0.25, -0.2) is 0 Å². The minimum absolute atomic E-state index is 0.339. The Morgan fingerprint density at radius 2 is 1.64 bits per heavy atom. The average Bonchev–Trinajstić information content (AvgIpc) is 2.82. The Labute approximate surface area is 188 Å². The molecule has 0 saturated heterocycles. The van der Waals surface area contributed by atoms with Gasteiger partial charge in [0.25, 0.3) is 0 Å². The van der Waals surface area contributed by atoms with Crippen LogP contribution >= 0.6 is 0 Å². The zero-order valence-corrected chi connectivity index (χ0v) is 17.3. The molecular weight excluding hydrogens is 427 g/mol. The van der Waals surface area contributed by atoms with E-state index in [0.29, 0.717) is 22.4 Å². The summed E-state index contributed by atoms with van der Waals surface area (Å²) in [5, 5.41) is 4.61. The van der Waals surface area contributed by atoms with Crippen LogP contribution in [0.3, 0.4) is 0 Å². The number of hydrogen-bond donors (Lipinski definition) is 1. The summed E-state index contributed by atoms with van der Waals surface area (Å²) in [5.74, 6) is -0.339. The Balaban J connectivity index is 1.59. The second kappa shape index (κ2) is 9.48. The molecule has 0 fully saturated rings. The van der Waals surface area contributed by atoms with Gasteiger partial charge in [0, 0.05) is 52.9 Å². The number of alkyl halides is 3. The van der Waals surface area contributed by atoms with Crippen molar-refractivity contribution in [1.82, 2.24) is 9.97 Å². The van der Waals surface area contributed by atoms with Gasteiger partial charge >= 0.3 is 6.18 Å². The number of anilines is 1. The predicted molar refractivity (Wildman–Crippen MR) is 122 cm³/mol. The van der Waals surface area contributed by atoms with Gasteiger partial charge in [0.15, 0.2) is 0 Å². The lowest BCUT2D eigenvalue weighted by Crippen LogP contribution is -2.08. The molecule has 1 amide bonds. The number of pyridine rings is 2. The van der Waals surface area contributed by atoms with Crippen LogP contribution in [-0.4, -0.2) is 15.9 Å². The fourth-order valence-electron chi connectivity index (χ4n) is 3.36. The fourth-order valence-corrected chi connectivity index (χ4v) is 3.36. The molecule has 4 rings (SSSR count). The highest BCUT2D eigenvalue weighted by atomic mass is 19.4. The largest absolute Gasteiger partial charge is 0.416 e. The topological polar surface area (TPSA) is 54.9 Å². The van der Waals surface area contributed by atoms with Crippen molar-refractivity contribution < 1.29 is 18.0 Å². The van der Waals surface area contributed by atoms with Crippen molar-refractivity contribution in [2.24, 2.45) is 0 Å². The van der Waals surface area contributed by atoms with E-state index in [-0.39, 0.29) is 5.91 Å². The summed E-state index contributed by atoms with van der Waals surface area (Å²) in [6, 6.07) is 15.8. The second-order valence-electron chi connectivity index (χ2n) is 7.15. The molecule has 4 nitrogen and oxygen atoms in total. The fraction of sp³-hybridized carbons (Fsp3) is 0.0385. The third-order valence-electron chi connectivity index (χ3n) is 4.94. The first kappa shape index (κ1) is 22.0. The third-order valence-corrected chi connectivity index (χ3v) is 4.94. The maximum atomic E-state index is 12.9. The predicted octanol–water partition coefficient (Wildman–Crippen LogP) is 6.28. The summed E-state index contributed by atoms with van der Waals surface area (Å²) >= 11 is 0. The molecule has 0 radical (unpaired) electrons. The number of hydrogen-bond acceptors (Lipinski definition) is 3. The molecule has 7 heteroatoms. The van der Waals surface area contributed by atoms with Gasteiger partial charge in [0.05, 0.1) is 5.56 Å². The summed E-state index contributed by atoms with van der Waals surface area (Å²) in [6.07, 6.45) is 6.77. The van der Waals surface area contributed by atoms with Crippen molar-refractivity contribution in [1.29, 1.82) is 0 Å². The van der Waals surface area contributed by atoms with Gasteiger partial charge in [-0.1, -0.05) is 42.5 Å². The Morgan fingerprint density at radius 3 is 2.36 bits per heavy atom. The van der Waals surface area contributed by atoms with E-state index in [9.17, 15) is 18.0 Å². The first-order valence-corrected chi connectivity index (χ1v) is 10.0. The van der Waals surface area contributed by atoms with Crippen LogP contribution in [-0.2, 0) is 11.0 Å². The van der Waals surface area contributed by atoms with Crippen LogP contribution in [0.2, 0.25) is 0 Å². The van der Waals surface area contributed by atoms with Gasteiger partial charge in [-0.2, -0.15) is 13.2 Å². The molecule has 4 aromatic rings. The molecule has 2 heterocycles. The zero-order valence-electron chi connectivity index (χ0n) is 17.3. The Hall–Kier alpha value is -4.26. The molecule has 0 aliphatic carbocycles. The van der Waals surface area contributed by atoms with Crippen molar-refractivity contribution in [2.45, 2.75) is 6.18 Å². The Bertz CT molecular complexity index is 1320. The first-order valence-electron chi connectivity index (χ1n) is 10.0. The number of halogens is 3. The maximum absolute atomic E-state index is 12.9. The summed E-state index contributed by atoms with van der Waals surface area (Å²) in [5.41, 5.74) is 1.85. The monoisotopic (exact) mass is 445 g/mol. The highest BCUT2D eigenvalue weighted by Gasteiger charge is 2.30. The summed E-state index contributed by atoms with van der Waals surface area (Å²) in [7, 11) is 0. The number of allylic oxidation sites excluding steroid dienone is 2. The number of amides is 1. The van der Waals surface area contributed by atoms with E-state index in [1.54, 1.807) is 55.1 Å². The van der Waals surface area contributed by atoms with Crippen LogP contribution < -0.4 is 5.32 Å². The summed E-state index contributed by atoms with van der Waals surface area (Å²) in [4.78, 5) is 20.6. The van der Waals surface area contributed by atoms with Crippen molar-refractivity contribution in [3.8, 4) is 0 Å². The van der Waals surface area contributed by atoms with E-state index < -0.39 is 11.7 Å². The van der Waals surface area contributed by atoms with Gasteiger partial charge in [0.1, 0.15) is 0 Å². The zero-order chi connectivity index (χ0) is 23.3. The van der Waals surface area contributed by atoms with Crippen LogP contribution in [0.4, 0.5) is 18.9 Å². The maximum Gasteiger partial charge on any atom is 0.416 e. The van der Waals surface area contributed by atoms with Crippen molar-refractivity contribution in [2.75, 3.05) is 5.32 Å². The molecule has 0 aliphatic heterocycles.